The van der Waals surface area contributed by atoms with Gasteiger partial charge in [-0.25, -0.2) is 9.80 Å². The summed E-state index contributed by atoms with van der Waals surface area (Å²) in [6.45, 7) is 14.9. The first-order valence-electron chi connectivity index (χ1n) is 31.1. The number of hydrogen-bond donors (Lipinski definition) is 0. The molecule has 0 spiro atoms. The first kappa shape index (κ1) is 60.9. The van der Waals surface area contributed by atoms with Crippen molar-refractivity contribution in [2.45, 2.75) is 196 Å². The Bertz CT molecular complexity index is 3220. The van der Waals surface area contributed by atoms with Crippen molar-refractivity contribution in [3.05, 3.63) is 103 Å². The van der Waals surface area contributed by atoms with Crippen LogP contribution < -0.4 is 28.7 Å². The minimum Gasteiger partial charge on any atom is -0.490 e. The lowest BCUT2D eigenvalue weighted by Gasteiger charge is -2.31. The topological polar surface area (TPSA) is 112 Å². The summed E-state index contributed by atoms with van der Waals surface area (Å²) >= 11 is 7.85. The fourth-order valence-corrected chi connectivity index (χ4v) is 13.7. The van der Waals surface area contributed by atoms with E-state index in [9.17, 15) is 0 Å². The van der Waals surface area contributed by atoms with E-state index in [1.165, 1.54) is 99.7 Å². The summed E-state index contributed by atoms with van der Waals surface area (Å²) in [5, 5.41) is 5.73. The third-order valence-electron chi connectivity index (χ3n) is 16.7. The van der Waals surface area contributed by atoms with Gasteiger partial charge in [0.2, 0.25) is 0 Å². The Morgan fingerprint density at radius 3 is 0.988 bits per heavy atom. The zero-order chi connectivity index (χ0) is 57.9. The number of aryl methyl sites for hydroxylation is 2. The van der Waals surface area contributed by atoms with Gasteiger partial charge in [0.05, 0.1) is 48.9 Å². The van der Waals surface area contributed by atoms with Gasteiger partial charge in [-0.1, -0.05) is 200 Å². The van der Waals surface area contributed by atoms with Crippen molar-refractivity contribution in [3.8, 4) is 23.0 Å². The smallest absolute Gasteiger partial charge is 0.266 e. The Hall–Kier alpha value is -5.72. The van der Waals surface area contributed by atoms with Gasteiger partial charge in [-0.05, 0) is 97.8 Å². The highest BCUT2D eigenvalue weighted by Crippen LogP contribution is 2.52. The molecule has 0 N–H and O–H groups in total. The Balaban J connectivity index is 1.05. The molecule has 436 valence electrons. The van der Waals surface area contributed by atoms with Gasteiger partial charge in [0.1, 0.15) is 0 Å². The molecular formula is C70H84Br2N2O8. The molecular weight excluding hydrogens is 1160 g/mol. The molecule has 0 atom stereocenters. The van der Waals surface area contributed by atoms with E-state index in [2.05, 4.69) is 59.6 Å². The van der Waals surface area contributed by atoms with Crippen LogP contribution in [0.3, 0.4) is 0 Å². The fourth-order valence-electron chi connectivity index (χ4n) is 12.4. The molecule has 7 aromatic carbocycles. The Labute approximate surface area is 502 Å². The van der Waals surface area contributed by atoms with Crippen LogP contribution in [0.4, 0.5) is 11.4 Å². The van der Waals surface area contributed by atoms with Crippen molar-refractivity contribution in [1.29, 1.82) is 0 Å². The highest BCUT2D eigenvalue weighted by atomic mass is 79.9. The van der Waals surface area contributed by atoms with E-state index < -0.39 is 23.6 Å². The summed E-state index contributed by atoms with van der Waals surface area (Å²) < 4.78 is 27.2. The average molecular weight is 1240 g/mol. The number of benzene rings is 7. The van der Waals surface area contributed by atoms with Crippen molar-refractivity contribution in [3.63, 3.8) is 0 Å². The summed E-state index contributed by atoms with van der Waals surface area (Å²) in [5.74, 6) is 0.592. The molecule has 0 aliphatic carbocycles. The minimum absolute atomic E-state index is 0.383. The second-order valence-electron chi connectivity index (χ2n) is 22.9. The number of carbonyl (C=O) groups is 4. The van der Waals surface area contributed by atoms with Crippen LogP contribution in [-0.2, 0) is 0 Å². The molecule has 12 heteroatoms. The number of fused-ring (bicyclic) bond motifs is 2. The Morgan fingerprint density at radius 2 is 0.646 bits per heavy atom. The first-order valence-corrected chi connectivity index (χ1v) is 32.7. The quantitative estimate of drug-likeness (QED) is 0.0170. The van der Waals surface area contributed by atoms with Crippen molar-refractivity contribution < 1.29 is 38.1 Å². The number of hydrogen-bond acceptors (Lipinski definition) is 8. The Morgan fingerprint density at radius 1 is 0.341 bits per heavy atom. The van der Waals surface area contributed by atoms with Crippen LogP contribution in [-0.4, -0.2) is 50.1 Å². The van der Waals surface area contributed by atoms with Crippen LogP contribution in [0.1, 0.15) is 234 Å². The highest BCUT2D eigenvalue weighted by Gasteiger charge is 2.40. The molecule has 7 aromatic rings. The van der Waals surface area contributed by atoms with Gasteiger partial charge in [0, 0.05) is 64.5 Å². The van der Waals surface area contributed by atoms with Gasteiger partial charge in [0.25, 0.3) is 23.6 Å². The molecule has 2 heterocycles. The lowest BCUT2D eigenvalue weighted by atomic mass is 9.82. The number of rotatable bonds is 34. The molecule has 0 saturated carbocycles. The van der Waals surface area contributed by atoms with E-state index in [0.29, 0.717) is 103 Å². The van der Waals surface area contributed by atoms with Crippen molar-refractivity contribution in [2.24, 2.45) is 0 Å². The standard InChI is InChI=1S/C70H84Br2N2O8/c1-7-11-15-19-23-27-35-79-57-41-47(39-45(5)65(57)81-37-29-25-21-17-13-9-3)73-67(75)51-33-31-49-62-56(72)44-54-60-52(34-32-50(64(60)62)61-55(71)43-53(69(73)77)59(51)63(49)61)68(76)74(70(54)78)48-40-46(6)66(82-38-30-26-22-18-14-10-4)58(42-48)80-36-28-24-20-16-12-8-2/h31-34,39-44H,7-30,35-38H2,1-6H3. The van der Waals surface area contributed by atoms with Crippen LogP contribution >= 0.6 is 31.9 Å². The number of halogens is 2. The van der Waals surface area contributed by atoms with Crippen molar-refractivity contribution in [1.82, 2.24) is 0 Å². The lowest BCUT2D eigenvalue weighted by molar-refractivity contribution is 0.0877. The van der Waals surface area contributed by atoms with E-state index in [1.807, 2.05) is 62.4 Å². The first-order chi connectivity index (χ1) is 39.9. The van der Waals surface area contributed by atoms with E-state index in [-0.39, 0.29) is 0 Å². The molecule has 82 heavy (non-hydrogen) atoms. The number of nitrogens with zero attached hydrogens (tertiary/aromatic N) is 2. The molecule has 0 fully saturated rings. The average Bonchev–Trinajstić information content (AvgIpc) is 1.06. The maximum absolute atomic E-state index is 15.1. The van der Waals surface area contributed by atoms with Gasteiger partial charge in [-0.3, -0.25) is 19.2 Å². The summed E-state index contributed by atoms with van der Waals surface area (Å²) in [5.41, 5.74) is 3.97. The summed E-state index contributed by atoms with van der Waals surface area (Å²) in [6, 6.07) is 18.4. The number of ether oxygens (including phenoxy) is 4. The van der Waals surface area contributed by atoms with Crippen LogP contribution in [0, 0.1) is 13.8 Å². The van der Waals surface area contributed by atoms with Crippen molar-refractivity contribution in [2.75, 3.05) is 36.2 Å². The van der Waals surface area contributed by atoms with Crippen LogP contribution in [0.25, 0.3) is 43.1 Å². The zero-order valence-corrected chi connectivity index (χ0v) is 52.7. The fraction of sp³-hybridized carbons (Fsp3) is 0.486. The third kappa shape index (κ3) is 12.8. The molecule has 0 saturated heterocycles. The van der Waals surface area contributed by atoms with Crippen LogP contribution in [0.5, 0.6) is 23.0 Å². The monoisotopic (exact) mass is 1240 g/mol. The number of imide groups is 2. The SMILES string of the molecule is CCCCCCCCOc1cc(N2C(=O)c3ccc4c5c(Br)cc6c7c(ccc(c8c(Br)cc(c3c48)C2=O)c75)C(=O)N(c2cc(C)c(OCCCCCCCC)c(OCCCCCCCC)c2)C6=O)cc(C)c1OCCCCCCCC. The second-order valence-corrected chi connectivity index (χ2v) is 24.6. The third-order valence-corrected chi connectivity index (χ3v) is 18.0. The molecule has 0 bridgehead atoms. The summed E-state index contributed by atoms with van der Waals surface area (Å²) in [7, 11) is 0. The van der Waals surface area contributed by atoms with Gasteiger partial charge < -0.3 is 18.9 Å². The van der Waals surface area contributed by atoms with Crippen molar-refractivity contribution >= 4 is 110 Å². The number of unbranched alkanes of at least 4 members (excludes halogenated alkanes) is 20. The van der Waals surface area contributed by atoms with Gasteiger partial charge >= 0.3 is 0 Å². The highest BCUT2D eigenvalue weighted by molar-refractivity contribution is 9.11. The minimum atomic E-state index is -0.445. The number of carbonyl (C=O) groups excluding carboxylic acids is 4. The second kappa shape index (κ2) is 28.7. The van der Waals surface area contributed by atoms with E-state index in [4.69, 9.17) is 18.9 Å². The molecule has 4 amide bonds. The molecule has 2 aliphatic rings. The predicted molar refractivity (Wildman–Crippen MR) is 343 cm³/mol. The predicted octanol–water partition coefficient (Wildman–Crippen LogP) is 20.4. The summed E-state index contributed by atoms with van der Waals surface area (Å²) in [6.07, 6.45) is 27.1. The molecule has 0 aromatic heterocycles. The van der Waals surface area contributed by atoms with Gasteiger partial charge in [-0.15, -0.1) is 0 Å². The summed E-state index contributed by atoms with van der Waals surface area (Å²) in [4.78, 5) is 63.0. The molecule has 9 rings (SSSR count). The molecule has 0 unspecified atom stereocenters. The molecule has 2 aliphatic heterocycles. The van der Waals surface area contributed by atoms with E-state index in [0.717, 1.165) is 108 Å². The maximum atomic E-state index is 15.1. The number of amides is 4. The van der Waals surface area contributed by atoms with E-state index >= 15 is 19.2 Å². The largest absolute Gasteiger partial charge is 0.490 e. The van der Waals surface area contributed by atoms with Gasteiger partial charge in [-0.2, -0.15) is 0 Å². The molecule has 0 radical (unpaired) electrons. The van der Waals surface area contributed by atoms with Crippen LogP contribution in [0.2, 0.25) is 0 Å². The zero-order valence-electron chi connectivity index (χ0n) is 49.5. The number of anilines is 2. The normalized spacial score (nSPS) is 13.3. The molecule has 10 nitrogen and oxygen atoms in total. The lowest BCUT2D eigenvalue weighted by Crippen LogP contribution is -2.40. The van der Waals surface area contributed by atoms with E-state index in [1.54, 1.807) is 12.1 Å². The van der Waals surface area contributed by atoms with Gasteiger partial charge in [0.15, 0.2) is 23.0 Å². The Kier molecular flexibility index (Phi) is 21.3. The van der Waals surface area contributed by atoms with Crippen LogP contribution in [0.15, 0.2) is 69.6 Å². The maximum Gasteiger partial charge on any atom is 0.266 e.